The molecule has 0 amide bonds. The maximum Gasteiger partial charge on any atom is 0.204 e. The predicted octanol–water partition coefficient (Wildman–Crippen LogP) is 3.65. The van der Waals surface area contributed by atoms with E-state index in [0.717, 1.165) is 6.42 Å². The highest BCUT2D eigenvalue weighted by Gasteiger charge is 2.30. The molecule has 0 radical (unpaired) electrons. The number of hydrogen-bond acceptors (Lipinski definition) is 9. The van der Waals surface area contributed by atoms with Crippen LogP contribution in [-0.4, -0.2) is 54.1 Å². The van der Waals surface area contributed by atoms with E-state index in [9.17, 15) is 4.79 Å². The molecule has 2 aromatic carbocycles. The van der Waals surface area contributed by atoms with Crippen molar-refractivity contribution in [1.29, 1.82) is 0 Å². The molecule has 1 unspecified atom stereocenters. The summed E-state index contributed by atoms with van der Waals surface area (Å²) in [6.07, 6.45) is 1.07. The molecule has 1 fully saturated rings. The van der Waals surface area contributed by atoms with Crippen molar-refractivity contribution >= 4 is 5.78 Å². The van der Waals surface area contributed by atoms with E-state index >= 15 is 0 Å². The van der Waals surface area contributed by atoms with Gasteiger partial charge in [0.15, 0.2) is 20.4 Å². The van der Waals surface area contributed by atoms with E-state index in [-0.39, 0.29) is 31.7 Å². The zero-order valence-electron chi connectivity index (χ0n) is 18.5. The van der Waals surface area contributed by atoms with E-state index in [1.807, 2.05) is 6.07 Å². The lowest BCUT2D eigenvalue weighted by Crippen LogP contribution is -2.19. The second kappa shape index (κ2) is 12.4. The molecule has 0 saturated carbocycles. The summed E-state index contributed by atoms with van der Waals surface area (Å²) in [7, 11) is 4.51. The van der Waals surface area contributed by atoms with Crippen molar-refractivity contribution in [2.45, 2.75) is 18.9 Å². The van der Waals surface area contributed by atoms with Crippen LogP contribution in [0.25, 0.3) is 0 Å². The number of ether oxygens (including phenoxy) is 6. The van der Waals surface area contributed by atoms with Gasteiger partial charge in [-0.15, -0.1) is 0 Å². The Morgan fingerprint density at radius 3 is 1.88 bits per heavy atom. The van der Waals surface area contributed by atoms with Crippen LogP contribution in [-0.2, 0) is 24.0 Å². The van der Waals surface area contributed by atoms with Crippen molar-refractivity contribution in [2.75, 3.05) is 48.3 Å². The van der Waals surface area contributed by atoms with Gasteiger partial charge >= 0.3 is 0 Å². The van der Waals surface area contributed by atoms with Crippen molar-refractivity contribution in [3.63, 3.8) is 0 Å². The standard InChI is InChI=1S/C23H28O9/c1-25-13-28-18-8-4-7-16(17-11-6-12-31-32-17)21(18)23(24)22-19(29-14-26-2)9-5-10-20(22)30-15-27-3/h4-5,7-10,17H,6,11-15H2,1-3H3. The fourth-order valence-electron chi connectivity index (χ4n) is 3.36. The van der Waals surface area contributed by atoms with Crippen LogP contribution < -0.4 is 14.2 Å². The van der Waals surface area contributed by atoms with Gasteiger partial charge in [-0.3, -0.25) is 4.79 Å². The normalized spacial score (nSPS) is 15.9. The second-order valence-electron chi connectivity index (χ2n) is 6.88. The number of hydrogen-bond donors (Lipinski definition) is 0. The second-order valence-corrected chi connectivity index (χ2v) is 6.88. The molecule has 2 aromatic rings. The molecule has 0 aliphatic carbocycles. The predicted molar refractivity (Wildman–Crippen MR) is 113 cm³/mol. The molecule has 0 bridgehead atoms. The quantitative estimate of drug-likeness (QED) is 0.274. The van der Waals surface area contributed by atoms with Gasteiger partial charge < -0.3 is 28.4 Å². The highest BCUT2D eigenvalue weighted by Crippen LogP contribution is 2.39. The SMILES string of the molecule is COCOc1cccc(OCOC)c1C(=O)c1c(OCOC)cccc1C1CCCOO1. The van der Waals surface area contributed by atoms with Crippen LogP contribution in [0.15, 0.2) is 36.4 Å². The summed E-state index contributed by atoms with van der Waals surface area (Å²) in [5, 5.41) is 0. The van der Waals surface area contributed by atoms with Crippen molar-refractivity contribution < 1.29 is 43.0 Å². The number of methoxy groups -OCH3 is 3. The van der Waals surface area contributed by atoms with E-state index < -0.39 is 6.10 Å². The zero-order chi connectivity index (χ0) is 22.8. The van der Waals surface area contributed by atoms with Crippen LogP contribution in [0.4, 0.5) is 0 Å². The average Bonchev–Trinajstić information content (AvgIpc) is 2.84. The maximum absolute atomic E-state index is 14.0. The molecule has 1 heterocycles. The summed E-state index contributed by atoms with van der Waals surface area (Å²) < 4.78 is 32.2. The highest BCUT2D eigenvalue weighted by molar-refractivity contribution is 6.15. The summed E-state index contributed by atoms with van der Waals surface area (Å²) >= 11 is 0. The van der Waals surface area contributed by atoms with E-state index in [2.05, 4.69) is 0 Å². The molecule has 32 heavy (non-hydrogen) atoms. The first-order chi connectivity index (χ1) is 15.7. The van der Waals surface area contributed by atoms with Crippen molar-refractivity contribution in [1.82, 2.24) is 0 Å². The van der Waals surface area contributed by atoms with Crippen LogP contribution in [0.1, 0.15) is 40.4 Å². The van der Waals surface area contributed by atoms with Crippen LogP contribution in [0.5, 0.6) is 17.2 Å². The first-order valence-electron chi connectivity index (χ1n) is 10.1. The van der Waals surface area contributed by atoms with E-state index in [0.29, 0.717) is 41.4 Å². The zero-order valence-corrected chi connectivity index (χ0v) is 18.5. The molecule has 0 spiro atoms. The summed E-state index contributed by atoms with van der Waals surface area (Å²) in [6, 6.07) is 10.4. The van der Waals surface area contributed by atoms with Crippen LogP contribution in [0.3, 0.4) is 0 Å². The molecule has 9 nitrogen and oxygen atoms in total. The van der Waals surface area contributed by atoms with Crippen LogP contribution in [0, 0.1) is 0 Å². The summed E-state index contributed by atoms with van der Waals surface area (Å²) in [5.74, 6) is 0.596. The summed E-state index contributed by atoms with van der Waals surface area (Å²) in [5.41, 5.74) is 1.17. The largest absolute Gasteiger partial charge is 0.467 e. The number of carbonyl (C=O) groups is 1. The molecule has 0 N–H and O–H groups in total. The van der Waals surface area contributed by atoms with E-state index in [1.165, 1.54) is 21.3 Å². The first kappa shape index (κ1) is 24.0. The van der Waals surface area contributed by atoms with E-state index in [4.69, 9.17) is 38.2 Å². The summed E-state index contributed by atoms with van der Waals surface area (Å²) in [6.45, 7) is 0.396. The Hall–Kier alpha value is -2.69. The van der Waals surface area contributed by atoms with Gasteiger partial charge in [-0.1, -0.05) is 18.2 Å². The highest BCUT2D eigenvalue weighted by atomic mass is 17.2. The Balaban J connectivity index is 2.12. The molecule has 1 aliphatic rings. The Labute approximate surface area is 186 Å². The van der Waals surface area contributed by atoms with Crippen molar-refractivity contribution in [3.05, 3.63) is 53.1 Å². The van der Waals surface area contributed by atoms with E-state index in [1.54, 1.807) is 30.3 Å². The smallest absolute Gasteiger partial charge is 0.204 e. The third-order valence-corrected chi connectivity index (χ3v) is 4.72. The van der Waals surface area contributed by atoms with Gasteiger partial charge in [0.1, 0.15) is 28.9 Å². The fraction of sp³-hybridized carbons (Fsp3) is 0.435. The molecule has 1 saturated heterocycles. The maximum atomic E-state index is 14.0. The molecule has 174 valence electrons. The Bertz CT molecular complexity index is 852. The Morgan fingerprint density at radius 1 is 0.844 bits per heavy atom. The third kappa shape index (κ3) is 5.76. The van der Waals surface area contributed by atoms with Crippen molar-refractivity contribution in [3.8, 4) is 17.2 Å². The van der Waals surface area contributed by atoms with Crippen LogP contribution >= 0.6 is 0 Å². The average molecular weight is 448 g/mol. The molecule has 9 heteroatoms. The monoisotopic (exact) mass is 448 g/mol. The van der Waals surface area contributed by atoms with Gasteiger partial charge in [-0.2, -0.15) is 0 Å². The first-order valence-corrected chi connectivity index (χ1v) is 10.1. The minimum atomic E-state index is -0.427. The van der Waals surface area contributed by atoms with Gasteiger partial charge in [0, 0.05) is 21.3 Å². The molecule has 1 aliphatic heterocycles. The number of carbonyl (C=O) groups excluding carboxylic acids is 1. The summed E-state index contributed by atoms with van der Waals surface area (Å²) in [4.78, 5) is 24.7. The van der Waals surface area contributed by atoms with Gasteiger partial charge in [-0.05, 0) is 36.6 Å². The fourth-order valence-corrected chi connectivity index (χ4v) is 3.36. The molecular weight excluding hydrogens is 420 g/mol. The minimum absolute atomic E-state index is 0.0272. The number of benzene rings is 2. The van der Waals surface area contributed by atoms with Gasteiger partial charge in [0.05, 0.1) is 12.2 Å². The Morgan fingerprint density at radius 2 is 1.38 bits per heavy atom. The third-order valence-electron chi connectivity index (χ3n) is 4.72. The lowest BCUT2D eigenvalue weighted by Gasteiger charge is -2.25. The topological polar surface area (TPSA) is 90.9 Å². The number of ketones is 1. The van der Waals surface area contributed by atoms with Gasteiger partial charge in [0.25, 0.3) is 0 Å². The van der Waals surface area contributed by atoms with Gasteiger partial charge in [0.2, 0.25) is 5.78 Å². The molecule has 3 rings (SSSR count). The van der Waals surface area contributed by atoms with Crippen molar-refractivity contribution in [2.24, 2.45) is 0 Å². The van der Waals surface area contributed by atoms with Crippen LogP contribution in [0.2, 0.25) is 0 Å². The lowest BCUT2D eigenvalue weighted by molar-refractivity contribution is -0.348. The van der Waals surface area contributed by atoms with Gasteiger partial charge in [-0.25, -0.2) is 9.78 Å². The Kier molecular flexibility index (Phi) is 9.27. The molecular formula is C23H28O9. The lowest BCUT2D eigenvalue weighted by atomic mass is 9.91. The molecule has 0 aromatic heterocycles. The minimum Gasteiger partial charge on any atom is -0.467 e. The number of rotatable bonds is 12. The molecule has 1 atom stereocenters.